The second kappa shape index (κ2) is 8.27. The minimum absolute atomic E-state index is 0.0577. The summed E-state index contributed by atoms with van der Waals surface area (Å²) in [7, 11) is 1.56. The lowest BCUT2D eigenvalue weighted by Gasteiger charge is -2.41. The number of nitrogens with zero attached hydrogens (tertiary/aromatic N) is 1. The van der Waals surface area contributed by atoms with E-state index in [1.54, 1.807) is 13.2 Å². The number of hydrogen-bond acceptors (Lipinski definition) is 4. The molecule has 0 fully saturated rings. The van der Waals surface area contributed by atoms with E-state index < -0.39 is 0 Å². The van der Waals surface area contributed by atoms with Gasteiger partial charge in [-0.15, -0.1) is 0 Å². The van der Waals surface area contributed by atoms with Gasteiger partial charge in [0.2, 0.25) is 0 Å². The van der Waals surface area contributed by atoms with Gasteiger partial charge in [-0.25, -0.2) is 0 Å². The van der Waals surface area contributed by atoms with Crippen molar-refractivity contribution in [2.45, 2.75) is 45.2 Å². The summed E-state index contributed by atoms with van der Waals surface area (Å²) in [5.41, 5.74) is 13.5. The number of hydrogen-bond donors (Lipinski definition) is 2. The summed E-state index contributed by atoms with van der Waals surface area (Å²) >= 11 is 0. The van der Waals surface area contributed by atoms with Crippen LogP contribution in [0.2, 0.25) is 0 Å². The van der Waals surface area contributed by atoms with Gasteiger partial charge >= 0.3 is 0 Å². The molecule has 31 heavy (non-hydrogen) atoms. The average molecular weight is 417 g/mol. The van der Waals surface area contributed by atoms with Crippen molar-refractivity contribution in [1.29, 1.82) is 0 Å². The van der Waals surface area contributed by atoms with Crippen LogP contribution in [0.5, 0.6) is 11.5 Å². The predicted molar refractivity (Wildman–Crippen MR) is 128 cm³/mol. The summed E-state index contributed by atoms with van der Waals surface area (Å²) in [5.74, 6) is 0.608. The molecule has 3 aromatic rings. The molecule has 0 aromatic heterocycles. The largest absolute Gasteiger partial charge is 0.504 e. The van der Waals surface area contributed by atoms with Crippen LogP contribution in [0.3, 0.4) is 0 Å². The van der Waals surface area contributed by atoms with Gasteiger partial charge in [0, 0.05) is 24.8 Å². The number of ether oxygens (including phenoxy) is 1. The maximum atomic E-state index is 10.4. The SMILES string of the molecule is COc1ccc(-c2cc3c(cc2C(C)N)N(Cc2ccccc2)CCC3(C)C)cc1O. The molecule has 0 spiro atoms. The Balaban J connectivity index is 1.85. The molecule has 0 aliphatic carbocycles. The second-order valence-electron chi connectivity index (χ2n) is 9.17. The minimum atomic E-state index is -0.131. The molecule has 1 heterocycles. The Hall–Kier alpha value is -2.98. The van der Waals surface area contributed by atoms with Gasteiger partial charge in [-0.2, -0.15) is 0 Å². The third-order valence-corrected chi connectivity index (χ3v) is 6.44. The average Bonchev–Trinajstić information content (AvgIpc) is 2.75. The fourth-order valence-electron chi connectivity index (χ4n) is 4.53. The van der Waals surface area contributed by atoms with Crippen LogP contribution in [0.4, 0.5) is 5.69 Å². The van der Waals surface area contributed by atoms with Crippen LogP contribution in [-0.2, 0) is 12.0 Å². The maximum Gasteiger partial charge on any atom is 0.160 e. The molecule has 1 unspecified atom stereocenters. The summed E-state index contributed by atoms with van der Waals surface area (Å²) < 4.78 is 5.23. The third kappa shape index (κ3) is 4.13. The van der Waals surface area contributed by atoms with Crippen molar-refractivity contribution in [2.24, 2.45) is 5.73 Å². The number of anilines is 1. The molecule has 1 aliphatic rings. The number of fused-ring (bicyclic) bond motifs is 1. The highest BCUT2D eigenvalue weighted by Gasteiger charge is 2.33. The predicted octanol–water partition coefficient (Wildman–Crippen LogP) is 5.78. The van der Waals surface area contributed by atoms with Gasteiger partial charge in [0.25, 0.3) is 0 Å². The number of methoxy groups -OCH3 is 1. The zero-order chi connectivity index (χ0) is 22.2. The number of nitrogens with two attached hydrogens (primary N) is 1. The first-order chi connectivity index (χ1) is 14.8. The Morgan fingerprint density at radius 2 is 1.84 bits per heavy atom. The Bertz CT molecular complexity index is 1070. The van der Waals surface area contributed by atoms with E-state index in [0.717, 1.165) is 36.2 Å². The van der Waals surface area contributed by atoms with Crippen molar-refractivity contribution in [1.82, 2.24) is 0 Å². The summed E-state index contributed by atoms with van der Waals surface area (Å²) in [5, 5.41) is 10.4. The Morgan fingerprint density at radius 1 is 1.10 bits per heavy atom. The summed E-state index contributed by atoms with van der Waals surface area (Å²) in [6, 6.07) is 20.6. The van der Waals surface area contributed by atoms with Crippen molar-refractivity contribution in [3.63, 3.8) is 0 Å². The Labute approximate surface area is 185 Å². The molecule has 0 radical (unpaired) electrons. The fraction of sp³-hybridized carbons (Fsp3) is 0.333. The van der Waals surface area contributed by atoms with E-state index in [1.807, 2.05) is 19.1 Å². The molecule has 0 saturated carbocycles. The van der Waals surface area contributed by atoms with Crippen molar-refractivity contribution in [3.05, 3.63) is 77.4 Å². The van der Waals surface area contributed by atoms with Crippen molar-refractivity contribution < 1.29 is 9.84 Å². The van der Waals surface area contributed by atoms with E-state index in [0.29, 0.717) is 5.75 Å². The molecule has 4 nitrogen and oxygen atoms in total. The minimum Gasteiger partial charge on any atom is -0.504 e. The molecule has 4 heteroatoms. The van der Waals surface area contributed by atoms with Crippen LogP contribution in [0.15, 0.2) is 60.7 Å². The highest BCUT2D eigenvalue weighted by molar-refractivity contribution is 5.76. The highest BCUT2D eigenvalue weighted by atomic mass is 16.5. The molecule has 0 bridgehead atoms. The summed E-state index contributed by atoms with van der Waals surface area (Å²) in [6.07, 6.45) is 1.08. The van der Waals surface area contributed by atoms with E-state index in [1.165, 1.54) is 16.8 Å². The first-order valence-corrected chi connectivity index (χ1v) is 10.9. The third-order valence-electron chi connectivity index (χ3n) is 6.44. The number of rotatable bonds is 5. The zero-order valence-corrected chi connectivity index (χ0v) is 18.9. The van der Waals surface area contributed by atoms with Crippen LogP contribution in [-0.4, -0.2) is 18.8 Å². The van der Waals surface area contributed by atoms with E-state index in [-0.39, 0.29) is 17.2 Å². The summed E-state index contributed by atoms with van der Waals surface area (Å²) in [6.45, 7) is 8.53. The lowest BCUT2D eigenvalue weighted by Crippen LogP contribution is -2.37. The topological polar surface area (TPSA) is 58.7 Å². The number of aromatic hydroxyl groups is 1. The molecule has 3 N–H and O–H groups in total. The van der Waals surface area contributed by atoms with Crippen LogP contribution in [0.25, 0.3) is 11.1 Å². The highest BCUT2D eigenvalue weighted by Crippen LogP contribution is 2.45. The lowest BCUT2D eigenvalue weighted by atomic mass is 9.75. The molecule has 4 rings (SSSR count). The van der Waals surface area contributed by atoms with Gasteiger partial charge in [0.15, 0.2) is 11.5 Å². The van der Waals surface area contributed by atoms with Crippen LogP contribution in [0.1, 0.15) is 49.9 Å². The number of benzene rings is 3. The van der Waals surface area contributed by atoms with Gasteiger partial charge in [-0.3, -0.25) is 0 Å². The van der Waals surface area contributed by atoms with Gasteiger partial charge in [0.1, 0.15) is 0 Å². The van der Waals surface area contributed by atoms with Gasteiger partial charge in [0.05, 0.1) is 7.11 Å². The van der Waals surface area contributed by atoms with Gasteiger partial charge in [-0.1, -0.05) is 50.2 Å². The Kier molecular flexibility index (Phi) is 5.67. The van der Waals surface area contributed by atoms with Crippen molar-refractivity contribution in [3.8, 4) is 22.6 Å². The van der Waals surface area contributed by atoms with E-state index in [4.69, 9.17) is 10.5 Å². The maximum absolute atomic E-state index is 10.4. The van der Waals surface area contributed by atoms with Crippen LogP contribution >= 0.6 is 0 Å². The molecule has 3 aromatic carbocycles. The standard InChI is InChI=1S/C27H32N2O2/c1-18(28)21-16-24-23(15-22(21)20-10-11-26(31-4)25(30)14-20)27(2,3)12-13-29(24)17-19-8-6-5-7-9-19/h5-11,14-16,18,30H,12-13,17,28H2,1-4H3. The quantitative estimate of drug-likeness (QED) is 0.554. The van der Waals surface area contributed by atoms with E-state index >= 15 is 0 Å². The van der Waals surface area contributed by atoms with Gasteiger partial charge in [-0.05, 0) is 70.8 Å². The first kappa shape index (κ1) is 21.3. The molecule has 1 aliphatic heterocycles. The zero-order valence-electron chi connectivity index (χ0n) is 18.9. The van der Waals surface area contributed by atoms with E-state index in [9.17, 15) is 5.11 Å². The van der Waals surface area contributed by atoms with E-state index in [2.05, 4.69) is 61.2 Å². The normalized spacial score (nSPS) is 16.0. The fourth-order valence-corrected chi connectivity index (χ4v) is 4.53. The number of phenols is 1. The second-order valence-corrected chi connectivity index (χ2v) is 9.17. The van der Waals surface area contributed by atoms with Crippen molar-refractivity contribution >= 4 is 5.69 Å². The molecular weight excluding hydrogens is 384 g/mol. The van der Waals surface area contributed by atoms with Crippen molar-refractivity contribution in [2.75, 3.05) is 18.6 Å². The molecule has 1 atom stereocenters. The first-order valence-electron chi connectivity index (χ1n) is 10.9. The number of phenolic OH excluding ortho intramolecular Hbond substituents is 1. The smallest absolute Gasteiger partial charge is 0.160 e. The van der Waals surface area contributed by atoms with Gasteiger partial charge < -0.3 is 20.5 Å². The lowest BCUT2D eigenvalue weighted by molar-refractivity contribution is 0.373. The molecule has 0 saturated heterocycles. The molecule has 162 valence electrons. The Morgan fingerprint density at radius 3 is 2.48 bits per heavy atom. The molecule has 0 amide bonds. The summed E-state index contributed by atoms with van der Waals surface area (Å²) in [4.78, 5) is 2.47. The van der Waals surface area contributed by atoms with Crippen LogP contribution < -0.4 is 15.4 Å². The monoisotopic (exact) mass is 416 g/mol. The molecular formula is C27H32N2O2. The van der Waals surface area contributed by atoms with Crippen LogP contribution in [0, 0.1) is 0 Å².